The monoisotopic (exact) mass is 325 g/mol. The summed E-state index contributed by atoms with van der Waals surface area (Å²) >= 11 is 1.46. The molecule has 0 fully saturated rings. The number of nitrogens with zero attached hydrogens (tertiary/aromatic N) is 1. The molecule has 7 heteroatoms. The second-order valence-corrected chi connectivity index (χ2v) is 7.59. The number of aromatic nitrogens is 1. The zero-order valence-corrected chi connectivity index (χ0v) is 13.7. The van der Waals surface area contributed by atoms with Gasteiger partial charge in [-0.3, -0.25) is 0 Å². The lowest BCUT2D eigenvalue weighted by Crippen LogP contribution is -2.28. The first-order valence-electron chi connectivity index (χ1n) is 6.59. The maximum absolute atomic E-state index is 12.2. The Labute approximate surface area is 129 Å². The van der Waals surface area contributed by atoms with Crippen molar-refractivity contribution in [2.45, 2.75) is 32.2 Å². The van der Waals surface area contributed by atoms with Crippen LogP contribution in [-0.2, 0) is 22.3 Å². The van der Waals surface area contributed by atoms with Gasteiger partial charge in [-0.25, -0.2) is 18.1 Å². The third-order valence-electron chi connectivity index (χ3n) is 2.95. The summed E-state index contributed by atoms with van der Waals surface area (Å²) in [6.07, 6.45) is 0. The molecule has 1 unspecified atom stereocenters. The predicted octanol–water partition coefficient (Wildman–Crippen LogP) is 2.09. The van der Waals surface area contributed by atoms with Crippen LogP contribution in [0, 0.1) is 6.92 Å². The van der Waals surface area contributed by atoms with Crippen molar-refractivity contribution < 1.29 is 8.42 Å². The van der Waals surface area contributed by atoms with Gasteiger partial charge in [0.1, 0.15) is 5.01 Å². The highest BCUT2D eigenvalue weighted by Crippen LogP contribution is 2.19. The standard InChI is InChI=1S/C14H19N3O2S2/c1-10-8-20-14(16-10)11(2)17-21(18,19)9-13-5-3-4-12(6-13)7-15/h3-6,8,11,17H,7,9,15H2,1-2H3. The van der Waals surface area contributed by atoms with Gasteiger partial charge in [0.25, 0.3) is 0 Å². The van der Waals surface area contributed by atoms with Gasteiger partial charge < -0.3 is 5.73 Å². The number of benzene rings is 1. The lowest BCUT2D eigenvalue weighted by molar-refractivity contribution is 0.565. The number of aryl methyl sites for hydroxylation is 1. The Morgan fingerprint density at radius 1 is 1.38 bits per heavy atom. The zero-order valence-electron chi connectivity index (χ0n) is 12.0. The first-order chi connectivity index (χ1) is 9.89. The molecule has 2 rings (SSSR count). The number of rotatable bonds is 6. The van der Waals surface area contributed by atoms with Crippen LogP contribution in [0.2, 0.25) is 0 Å². The van der Waals surface area contributed by atoms with Crippen molar-refractivity contribution >= 4 is 21.4 Å². The fraction of sp³-hybridized carbons (Fsp3) is 0.357. The summed E-state index contributed by atoms with van der Waals surface area (Å²) in [4.78, 5) is 4.30. The minimum absolute atomic E-state index is 0.0600. The van der Waals surface area contributed by atoms with E-state index in [0.29, 0.717) is 6.54 Å². The van der Waals surface area contributed by atoms with E-state index in [9.17, 15) is 8.42 Å². The van der Waals surface area contributed by atoms with Gasteiger partial charge >= 0.3 is 0 Å². The van der Waals surface area contributed by atoms with Crippen molar-refractivity contribution in [2.75, 3.05) is 0 Å². The van der Waals surface area contributed by atoms with Crippen molar-refractivity contribution in [3.63, 3.8) is 0 Å². The molecule has 0 amide bonds. The van der Waals surface area contributed by atoms with Crippen molar-refractivity contribution in [3.05, 3.63) is 51.5 Å². The van der Waals surface area contributed by atoms with Crippen LogP contribution in [0.1, 0.15) is 34.8 Å². The van der Waals surface area contributed by atoms with E-state index in [1.807, 2.05) is 30.5 Å². The number of nitrogens with two attached hydrogens (primary N) is 1. The molecule has 3 N–H and O–H groups in total. The van der Waals surface area contributed by atoms with Crippen molar-refractivity contribution in [2.24, 2.45) is 5.73 Å². The Morgan fingerprint density at radius 2 is 2.10 bits per heavy atom. The molecular weight excluding hydrogens is 306 g/mol. The van der Waals surface area contributed by atoms with Gasteiger partial charge in [0.15, 0.2) is 0 Å². The number of thiazole rings is 1. The third-order valence-corrected chi connectivity index (χ3v) is 5.52. The molecule has 0 bridgehead atoms. The third kappa shape index (κ3) is 4.60. The second-order valence-electron chi connectivity index (χ2n) is 4.95. The summed E-state index contributed by atoms with van der Waals surface area (Å²) in [6.45, 7) is 4.09. The van der Waals surface area contributed by atoms with E-state index < -0.39 is 10.0 Å². The van der Waals surface area contributed by atoms with Gasteiger partial charge in [-0.15, -0.1) is 11.3 Å². The maximum Gasteiger partial charge on any atom is 0.216 e. The SMILES string of the molecule is Cc1csc(C(C)NS(=O)(=O)Cc2cccc(CN)c2)n1. The summed E-state index contributed by atoms with van der Waals surface area (Å²) in [5.74, 6) is -0.0600. The molecule has 114 valence electrons. The molecular formula is C14H19N3O2S2. The van der Waals surface area contributed by atoms with Crippen LogP contribution in [0.5, 0.6) is 0 Å². The van der Waals surface area contributed by atoms with Gasteiger partial charge in [0, 0.05) is 17.6 Å². The van der Waals surface area contributed by atoms with Crippen LogP contribution in [0.3, 0.4) is 0 Å². The van der Waals surface area contributed by atoms with E-state index in [-0.39, 0.29) is 11.8 Å². The molecule has 5 nitrogen and oxygen atoms in total. The molecule has 1 heterocycles. The summed E-state index contributed by atoms with van der Waals surface area (Å²) in [6, 6.07) is 6.98. The largest absolute Gasteiger partial charge is 0.326 e. The summed E-state index contributed by atoms with van der Waals surface area (Å²) in [7, 11) is -3.42. The smallest absolute Gasteiger partial charge is 0.216 e. The molecule has 21 heavy (non-hydrogen) atoms. The summed E-state index contributed by atoms with van der Waals surface area (Å²) < 4.78 is 27.1. The van der Waals surface area contributed by atoms with Crippen LogP contribution in [0.4, 0.5) is 0 Å². The normalized spacial score (nSPS) is 13.3. The lowest BCUT2D eigenvalue weighted by atomic mass is 10.1. The quantitative estimate of drug-likeness (QED) is 0.851. The van der Waals surface area contributed by atoms with Crippen molar-refractivity contribution in [3.8, 4) is 0 Å². The van der Waals surface area contributed by atoms with Crippen molar-refractivity contribution in [1.82, 2.24) is 9.71 Å². The van der Waals surface area contributed by atoms with Crippen LogP contribution < -0.4 is 10.5 Å². The minimum atomic E-state index is -3.42. The van der Waals surface area contributed by atoms with E-state index >= 15 is 0 Å². The molecule has 0 radical (unpaired) electrons. The van der Waals surface area contributed by atoms with E-state index in [2.05, 4.69) is 9.71 Å². The Balaban J connectivity index is 2.07. The molecule has 1 aromatic heterocycles. The fourth-order valence-electron chi connectivity index (χ4n) is 2.00. The lowest BCUT2D eigenvalue weighted by Gasteiger charge is -2.12. The molecule has 0 aliphatic heterocycles. The number of nitrogens with one attached hydrogen (secondary N) is 1. The van der Waals surface area contributed by atoms with Gasteiger partial charge in [-0.1, -0.05) is 24.3 Å². The highest BCUT2D eigenvalue weighted by atomic mass is 32.2. The van der Waals surface area contributed by atoms with Crippen LogP contribution >= 0.6 is 11.3 Å². The van der Waals surface area contributed by atoms with E-state index in [1.165, 1.54) is 11.3 Å². The van der Waals surface area contributed by atoms with Gasteiger partial charge in [-0.2, -0.15) is 0 Å². The van der Waals surface area contributed by atoms with E-state index in [0.717, 1.165) is 21.8 Å². The average molecular weight is 325 g/mol. The van der Waals surface area contributed by atoms with Gasteiger partial charge in [-0.05, 0) is 25.0 Å². The maximum atomic E-state index is 12.2. The Bertz CT molecular complexity index is 711. The molecule has 0 spiro atoms. The first kappa shape index (κ1) is 16.1. The highest BCUT2D eigenvalue weighted by molar-refractivity contribution is 7.88. The molecule has 0 aliphatic rings. The first-order valence-corrected chi connectivity index (χ1v) is 9.13. The number of hydrogen-bond donors (Lipinski definition) is 2. The van der Waals surface area contributed by atoms with Crippen molar-refractivity contribution in [1.29, 1.82) is 0 Å². The van der Waals surface area contributed by atoms with Crippen LogP contribution in [0.15, 0.2) is 29.6 Å². The summed E-state index contributed by atoms with van der Waals surface area (Å²) in [5, 5.41) is 2.68. The summed E-state index contributed by atoms with van der Waals surface area (Å²) in [5.41, 5.74) is 8.12. The molecule has 1 aromatic carbocycles. The van der Waals surface area contributed by atoms with Gasteiger partial charge in [0.2, 0.25) is 10.0 Å². The van der Waals surface area contributed by atoms with Crippen LogP contribution in [0.25, 0.3) is 0 Å². The van der Waals surface area contributed by atoms with Crippen LogP contribution in [-0.4, -0.2) is 13.4 Å². The Morgan fingerprint density at radius 3 is 2.71 bits per heavy atom. The molecule has 1 atom stereocenters. The number of sulfonamides is 1. The topological polar surface area (TPSA) is 85.1 Å². The average Bonchev–Trinajstić information content (AvgIpc) is 2.84. The molecule has 0 saturated heterocycles. The zero-order chi connectivity index (χ0) is 15.5. The molecule has 2 aromatic rings. The Kier molecular flexibility index (Phi) is 5.10. The number of hydrogen-bond acceptors (Lipinski definition) is 5. The molecule has 0 aliphatic carbocycles. The predicted molar refractivity (Wildman–Crippen MR) is 85.4 cm³/mol. The van der Waals surface area contributed by atoms with Gasteiger partial charge in [0.05, 0.1) is 11.8 Å². The van der Waals surface area contributed by atoms with E-state index in [1.54, 1.807) is 13.0 Å². The molecule has 0 saturated carbocycles. The highest BCUT2D eigenvalue weighted by Gasteiger charge is 2.18. The Hall–Kier alpha value is -1.28. The van der Waals surface area contributed by atoms with E-state index in [4.69, 9.17) is 5.73 Å². The fourth-order valence-corrected chi connectivity index (χ4v) is 4.23. The second kappa shape index (κ2) is 6.65. The minimum Gasteiger partial charge on any atom is -0.326 e.